The summed E-state index contributed by atoms with van der Waals surface area (Å²) in [4.78, 5) is 14.5. The summed E-state index contributed by atoms with van der Waals surface area (Å²) in [6.07, 6.45) is 2.55. The lowest BCUT2D eigenvalue weighted by Crippen LogP contribution is -2.56. The van der Waals surface area contributed by atoms with Crippen LogP contribution in [0.1, 0.15) is 30.9 Å². The van der Waals surface area contributed by atoms with Crippen LogP contribution in [0.2, 0.25) is 0 Å². The number of nitrogens with one attached hydrogen (secondary N) is 2. The average molecular weight is 330 g/mol. The van der Waals surface area contributed by atoms with Crippen molar-refractivity contribution in [3.8, 4) is 6.07 Å². The normalized spacial score (nSPS) is 16.5. The molecule has 1 fully saturated rings. The van der Waals surface area contributed by atoms with Crippen molar-refractivity contribution in [2.75, 3.05) is 39.2 Å². The second kappa shape index (κ2) is 8.13. The molecule has 1 aliphatic rings. The molecule has 1 saturated heterocycles. The van der Waals surface area contributed by atoms with Crippen LogP contribution in [0.25, 0.3) is 0 Å². The molecule has 6 heteroatoms. The first kappa shape index (κ1) is 18.2. The van der Waals surface area contributed by atoms with Crippen LogP contribution in [0.3, 0.4) is 0 Å². The fraction of sp³-hybridized carbons (Fsp3) is 0.556. The van der Waals surface area contributed by atoms with Gasteiger partial charge in [0.25, 0.3) is 0 Å². The average Bonchev–Trinajstić information content (AvgIpc) is 2.61. The van der Waals surface area contributed by atoms with Gasteiger partial charge >= 0.3 is 6.03 Å². The van der Waals surface area contributed by atoms with Gasteiger partial charge in [-0.05, 0) is 57.1 Å². The monoisotopic (exact) mass is 330 g/mol. The number of hydrogen-bond donors (Lipinski definition) is 2. The summed E-state index contributed by atoms with van der Waals surface area (Å²) < 4.78 is 5.45. The zero-order chi connectivity index (χ0) is 17.6. The second-order valence-corrected chi connectivity index (χ2v) is 6.38. The van der Waals surface area contributed by atoms with Crippen LogP contribution in [0, 0.1) is 11.3 Å². The van der Waals surface area contributed by atoms with Gasteiger partial charge in [0.05, 0.1) is 11.6 Å². The third kappa shape index (κ3) is 4.25. The van der Waals surface area contributed by atoms with Crippen LogP contribution in [0.5, 0.6) is 0 Å². The Kier molecular flexibility index (Phi) is 6.18. The summed E-state index contributed by atoms with van der Waals surface area (Å²) in [5, 5.41) is 14.9. The summed E-state index contributed by atoms with van der Waals surface area (Å²) in [7, 11) is 4.08. The zero-order valence-corrected chi connectivity index (χ0v) is 14.7. The van der Waals surface area contributed by atoms with Crippen LogP contribution >= 0.6 is 0 Å². The minimum absolute atomic E-state index is 0.0617. The van der Waals surface area contributed by atoms with Gasteiger partial charge in [-0.25, -0.2) is 4.79 Å². The molecule has 0 spiro atoms. The van der Waals surface area contributed by atoms with Crippen molar-refractivity contribution in [2.45, 2.75) is 31.7 Å². The number of ether oxygens (including phenoxy) is 1. The fourth-order valence-corrected chi connectivity index (χ4v) is 3.02. The number of carbonyl (C=O) groups is 1. The number of nitriles is 1. The molecule has 2 N–H and O–H groups in total. The van der Waals surface area contributed by atoms with E-state index in [0.29, 0.717) is 12.1 Å². The summed E-state index contributed by atoms with van der Waals surface area (Å²) in [5.41, 5.74) is 2.25. The van der Waals surface area contributed by atoms with Crippen molar-refractivity contribution < 1.29 is 9.53 Å². The summed E-state index contributed by atoms with van der Waals surface area (Å²) in [6, 6.07) is 7.22. The first-order valence-electron chi connectivity index (χ1n) is 8.34. The Morgan fingerprint density at radius 1 is 1.38 bits per heavy atom. The second-order valence-electron chi connectivity index (χ2n) is 6.38. The highest BCUT2D eigenvalue weighted by atomic mass is 16.5. The third-order valence-electron chi connectivity index (χ3n) is 4.81. The maximum Gasteiger partial charge on any atom is 0.319 e. The highest BCUT2D eigenvalue weighted by molar-refractivity contribution is 5.90. The molecule has 0 bridgehead atoms. The molecule has 2 amide bonds. The van der Waals surface area contributed by atoms with Crippen LogP contribution in [-0.4, -0.2) is 50.3 Å². The largest absolute Gasteiger partial charge is 0.381 e. The van der Waals surface area contributed by atoms with Crippen LogP contribution < -0.4 is 10.6 Å². The molecule has 0 atom stereocenters. The Morgan fingerprint density at radius 3 is 2.67 bits per heavy atom. The third-order valence-corrected chi connectivity index (χ3v) is 4.81. The van der Waals surface area contributed by atoms with Gasteiger partial charge < -0.3 is 20.3 Å². The molecule has 1 aliphatic heterocycles. The van der Waals surface area contributed by atoms with Gasteiger partial charge in [0.2, 0.25) is 0 Å². The van der Waals surface area contributed by atoms with Crippen molar-refractivity contribution in [3.05, 3.63) is 29.3 Å². The fourth-order valence-electron chi connectivity index (χ4n) is 3.02. The topological polar surface area (TPSA) is 77.4 Å². The Bertz CT molecular complexity index is 616. The van der Waals surface area contributed by atoms with Crippen molar-refractivity contribution in [3.63, 3.8) is 0 Å². The van der Waals surface area contributed by atoms with Gasteiger partial charge in [0, 0.05) is 31.0 Å². The van der Waals surface area contributed by atoms with Gasteiger partial charge in [-0.3, -0.25) is 0 Å². The molecule has 1 aromatic rings. The van der Waals surface area contributed by atoms with E-state index in [1.54, 1.807) is 12.1 Å². The molecule has 0 radical (unpaired) electrons. The van der Waals surface area contributed by atoms with Gasteiger partial charge in [0.15, 0.2) is 0 Å². The molecule has 0 aromatic heterocycles. The smallest absolute Gasteiger partial charge is 0.319 e. The van der Waals surface area contributed by atoms with E-state index in [1.165, 1.54) is 0 Å². The number of likely N-dealkylation sites (N-methyl/N-ethyl adjacent to an activating group) is 1. The van der Waals surface area contributed by atoms with Crippen LogP contribution in [-0.2, 0) is 11.2 Å². The number of aryl methyl sites for hydroxylation is 1. The molecular weight excluding hydrogens is 304 g/mol. The minimum Gasteiger partial charge on any atom is -0.381 e. The van der Waals surface area contributed by atoms with E-state index in [1.807, 2.05) is 27.1 Å². The lowest BCUT2D eigenvalue weighted by Gasteiger charge is -2.42. The molecule has 130 valence electrons. The number of carbonyl (C=O) groups excluding carboxylic acids is 1. The van der Waals surface area contributed by atoms with Gasteiger partial charge in [-0.15, -0.1) is 0 Å². The van der Waals surface area contributed by atoms with Gasteiger partial charge in [0.1, 0.15) is 0 Å². The molecule has 1 heterocycles. The zero-order valence-electron chi connectivity index (χ0n) is 14.7. The predicted molar refractivity (Wildman–Crippen MR) is 94.0 cm³/mol. The van der Waals surface area contributed by atoms with E-state index in [9.17, 15) is 4.79 Å². The SMILES string of the molecule is CCc1cc(C#N)ccc1NC(=O)NCC1(N(C)C)CCOCC1. The molecule has 6 nitrogen and oxygen atoms in total. The molecule has 0 saturated carbocycles. The highest BCUT2D eigenvalue weighted by Crippen LogP contribution is 2.25. The van der Waals surface area contributed by atoms with Crippen molar-refractivity contribution in [2.24, 2.45) is 0 Å². The van der Waals surface area contributed by atoms with E-state index < -0.39 is 0 Å². The molecule has 24 heavy (non-hydrogen) atoms. The van der Waals surface area contributed by atoms with Gasteiger partial charge in [-0.1, -0.05) is 6.92 Å². The predicted octanol–water partition coefficient (Wildman–Crippen LogP) is 2.35. The number of anilines is 1. The van der Waals surface area contributed by atoms with E-state index in [2.05, 4.69) is 21.6 Å². The quantitative estimate of drug-likeness (QED) is 0.869. The van der Waals surface area contributed by atoms with E-state index in [-0.39, 0.29) is 11.6 Å². The highest BCUT2D eigenvalue weighted by Gasteiger charge is 2.35. The number of urea groups is 1. The summed E-state index contributed by atoms with van der Waals surface area (Å²) in [6.45, 7) is 4.02. The molecule has 1 aromatic carbocycles. The number of nitrogens with zero attached hydrogens (tertiary/aromatic N) is 2. The summed E-state index contributed by atoms with van der Waals surface area (Å²) in [5.74, 6) is 0. The Hall–Kier alpha value is -2.10. The van der Waals surface area contributed by atoms with Crippen molar-refractivity contribution >= 4 is 11.7 Å². The number of amides is 2. The van der Waals surface area contributed by atoms with Crippen LogP contribution in [0.15, 0.2) is 18.2 Å². The maximum absolute atomic E-state index is 12.3. The standard InChI is InChI=1S/C18H26N4O2/c1-4-15-11-14(12-19)5-6-16(15)21-17(23)20-13-18(22(2)3)7-9-24-10-8-18/h5-6,11H,4,7-10,13H2,1-3H3,(H2,20,21,23). The van der Waals surface area contributed by atoms with Crippen molar-refractivity contribution in [1.82, 2.24) is 10.2 Å². The molecule has 0 aliphatic carbocycles. The first-order valence-corrected chi connectivity index (χ1v) is 8.34. The molecule has 0 unspecified atom stereocenters. The van der Waals surface area contributed by atoms with Crippen molar-refractivity contribution in [1.29, 1.82) is 5.26 Å². The minimum atomic E-state index is -0.220. The Labute approximate surface area is 143 Å². The van der Waals surface area contributed by atoms with Gasteiger partial charge in [-0.2, -0.15) is 5.26 Å². The summed E-state index contributed by atoms with van der Waals surface area (Å²) >= 11 is 0. The van der Waals surface area contributed by atoms with E-state index in [0.717, 1.165) is 43.7 Å². The lowest BCUT2D eigenvalue weighted by molar-refractivity contribution is -0.00553. The van der Waals surface area contributed by atoms with Crippen LogP contribution in [0.4, 0.5) is 10.5 Å². The number of benzene rings is 1. The Balaban J connectivity index is 1.99. The van der Waals surface area contributed by atoms with E-state index >= 15 is 0 Å². The number of rotatable bonds is 5. The molecule has 2 rings (SSSR count). The molecular formula is C18H26N4O2. The first-order chi connectivity index (χ1) is 11.5. The lowest BCUT2D eigenvalue weighted by atomic mass is 9.88. The Morgan fingerprint density at radius 2 is 2.08 bits per heavy atom. The number of hydrogen-bond acceptors (Lipinski definition) is 4. The van der Waals surface area contributed by atoms with E-state index in [4.69, 9.17) is 10.00 Å². The maximum atomic E-state index is 12.3.